The van der Waals surface area contributed by atoms with E-state index in [1.54, 1.807) is 6.07 Å². The molecule has 0 bridgehead atoms. The summed E-state index contributed by atoms with van der Waals surface area (Å²) in [6.07, 6.45) is 2.09. The average molecular weight is 355 g/mol. The molecule has 2 unspecified atom stereocenters. The molecule has 1 aliphatic heterocycles. The van der Waals surface area contributed by atoms with Crippen LogP contribution in [0.15, 0.2) is 23.2 Å². The van der Waals surface area contributed by atoms with Gasteiger partial charge < -0.3 is 11.1 Å². The molecule has 1 saturated heterocycles. The zero-order valence-electron chi connectivity index (χ0n) is 14.7. The Balaban J connectivity index is 1.99. The van der Waals surface area contributed by atoms with Crippen LogP contribution in [0, 0.1) is 17.7 Å². The van der Waals surface area contributed by atoms with Crippen LogP contribution in [0.5, 0.6) is 0 Å². The first-order valence-corrected chi connectivity index (χ1v) is 8.95. The zero-order chi connectivity index (χ0) is 17.7. The van der Waals surface area contributed by atoms with Crippen LogP contribution < -0.4 is 11.1 Å². The topological polar surface area (TPSA) is 53.6 Å². The third-order valence-electron chi connectivity index (χ3n) is 4.58. The molecule has 24 heavy (non-hydrogen) atoms. The Hall–Kier alpha value is -1.33. The summed E-state index contributed by atoms with van der Waals surface area (Å²) < 4.78 is 13.8. The molecule has 134 valence electrons. The molecule has 0 amide bonds. The summed E-state index contributed by atoms with van der Waals surface area (Å²) in [5.74, 6) is 1.08. The van der Waals surface area contributed by atoms with Gasteiger partial charge in [0.15, 0.2) is 5.96 Å². The molecular weight excluding hydrogens is 327 g/mol. The van der Waals surface area contributed by atoms with Crippen molar-refractivity contribution in [3.63, 3.8) is 0 Å². The lowest BCUT2D eigenvalue weighted by molar-refractivity contribution is 0.279. The summed E-state index contributed by atoms with van der Waals surface area (Å²) >= 11 is 5.80. The van der Waals surface area contributed by atoms with Gasteiger partial charge in [-0.2, -0.15) is 0 Å². The van der Waals surface area contributed by atoms with E-state index in [4.69, 9.17) is 17.3 Å². The average Bonchev–Trinajstić information content (AvgIpc) is 2.88. The normalized spacial score (nSPS) is 22.3. The van der Waals surface area contributed by atoms with E-state index in [-0.39, 0.29) is 16.9 Å². The highest BCUT2D eigenvalue weighted by atomic mass is 35.5. The summed E-state index contributed by atoms with van der Waals surface area (Å²) in [6.45, 7) is 6.80. The summed E-state index contributed by atoms with van der Waals surface area (Å²) in [6, 6.07) is 5.21. The second-order valence-corrected chi connectivity index (χ2v) is 7.39. The van der Waals surface area contributed by atoms with Crippen molar-refractivity contribution in [2.45, 2.75) is 32.7 Å². The fourth-order valence-electron chi connectivity index (χ4n) is 3.20. The molecule has 3 N–H and O–H groups in total. The predicted octanol–water partition coefficient (Wildman–Crippen LogP) is 3.42. The van der Waals surface area contributed by atoms with Gasteiger partial charge in [-0.15, -0.1) is 0 Å². The minimum atomic E-state index is -0.369. The Labute approximate surface area is 149 Å². The Morgan fingerprint density at radius 1 is 1.50 bits per heavy atom. The number of likely N-dealkylation sites (tertiary alicyclic amines) is 1. The Morgan fingerprint density at radius 2 is 2.25 bits per heavy atom. The van der Waals surface area contributed by atoms with Crippen LogP contribution in [-0.2, 0) is 0 Å². The number of nitrogens with one attached hydrogen (secondary N) is 1. The lowest BCUT2D eigenvalue weighted by atomic mass is 9.94. The number of nitrogens with zero attached hydrogens (tertiary/aromatic N) is 2. The van der Waals surface area contributed by atoms with Crippen molar-refractivity contribution < 1.29 is 4.39 Å². The molecule has 2 atom stereocenters. The summed E-state index contributed by atoms with van der Waals surface area (Å²) in [5, 5.41) is 3.32. The van der Waals surface area contributed by atoms with Crippen LogP contribution >= 0.6 is 11.6 Å². The summed E-state index contributed by atoms with van der Waals surface area (Å²) in [5.41, 5.74) is 6.90. The fraction of sp³-hybridized carbons (Fsp3) is 0.611. The van der Waals surface area contributed by atoms with Gasteiger partial charge >= 0.3 is 0 Å². The lowest BCUT2D eigenvalue weighted by Gasteiger charge is -2.25. The largest absolute Gasteiger partial charge is 0.370 e. The molecule has 0 spiro atoms. The smallest absolute Gasteiger partial charge is 0.188 e. The standard InChI is InChI=1S/C18H28ClFN4/c1-12(2)6-8-22-18(21)23-11-14-7-9-24(3)17(14)13-4-5-15(19)16(20)10-13/h4-5,10,12,14,17H,6-9,11H2,1-3H3,(H3,21,22,23). The molecule has 1 aromatic carbocycles. The van der Waals surface area contributed by atoms with Crippen molar-refractivity contribution in [3.05, 3.63) is 34.6 Å². The second kappa shape index (κ2) is 8.67. The van der Waals surface area contributed by atoms with Crippen molar-refractivity contribution in [1.82, 2.24) is 10.2 Å². The van der Waals surface area contributed by atoms with Gasteiger partial charge in [0.05, 0.1) is 5.02 Å². The van der Waals surface area contributed by atoms with Crippen LogP contribution in [0.3, 0.4) is 0 Å². The number of hydrogen-bond donors (Lipinski definition) is 2. The van der Waals surface area contributed by atoms with Crippen LogP contribution in [0.4, 0.5) is 4.39 Å². The first-order valence-electron chi connectivity index (χ1n) is 8.57. The first-order chi connectivity index (χ1) is 11.4. The molecule has 6 heteroatoms. The summed E-state index contributed by atoms with van der Waals surface area (Å²) in [4.78, 5) is 6.73. The number of aliphatic imine (C=N–C) groups is 1. The van der Waals surface area contributed by atoms with Crippen molar-refractivity contribution in [2.75, 3.05) is 26.7 Å². The van der Waals surface area contributed by atoms with Crippen molar-refractivity contribution in [1.29, 1.82) is 0 Å². The fourth-order valence-corrected chi connectivity index (χ4v) is 3.32. The van der Waals surface area contributed by atoms with E-state index in [1.807, 2.05) is 6.07 Å². The van der Waals surface area contributed by atoms with Gasteiger partial charge in [-0.25, -0.2) is 4.39 Å². The van der Waals surface area contributed by atoms with Crippen molar-refractivity contribution in [2.24, 2.45) is 22.6 Å². The number of halogens is 2. The molecule has 0 radical (unpaired) electrons. The highest BCUT2D eigenvalue weighted by molar-refractivity contribution is 6.30. The number of hydrogen-bond acceptors (Lipinski definition) is 2. The Bertz CT molecular complexity index is 576. The third-order valence-corrected chi connectivity index (χ3v) is 4.89. The van der Waals surface area contributed by atoms with Crippen LogP contribution in [-0.4, -0.2) is 37.5 Å². The quantitative estimate of drug-likeness (QED) is 0.608. The number of nitrogens with two attached hydrogens (primary N) is 1. The van der Waals surface area contributed by atoms with Crippen LogP contribution in [0.2, 0.25) is 5.02 Å². The highest BCUT2D eigenvalue weighted by Crippen LogP contribution is 2.37. The van der Waals surface area contributed by atoms with Gasteiger partial charge in [-0.05, 0) is 56.0 Å². The van der Waals surface area contributed by atoms with E-state index in [1.165, 1.54) is 6.07 Å². The molecule has 1 heterocycles. The highest BCUT2D eigenvalue weighted by Gasteiger charge is 2.33. The van der Waals surface area contributed by atoms with E-state index >= 15 is 0 Å². The van der Waals surface area contributed by atoms with E-state index in [2.05, 4.69) is 36.1 Å². The maximum atomic E-state index is 13.8. The van der Waals surface area contributed by atoms with Gasteiger partial charge in [-0.3, -0.25) is 9.89 Å². The number of benzene rings is 1. The van der Waals surface area contributed by atoms with E-state index in [0.29, 0.717) is 24.3 Å². The van der Waals surface area contributed by atoms with Crippen molar-refractivity contribution in [3.8, 4) is 0 Å². The number of rotatable bonds is 6. The van der Waals surface area contributed by atoms with Gasteiger partial charge in [0.1, 0.15) is 5.82 Å². The van der Waals surface area contributed by atoms with E-state index in [9.17, 15) is 4.39 Å². The third kappa shape index (κ3) is 5.08. The Kier molecular flexibility index (Phi) is 6.87. The SMILES string of the molecule is CC(C)CCNC(N)=NCC1CCN(C)C1c1ccc(Cl)c(F)c1. The zero-order valence-corrected chi connectivity index (χ0v) is 15.5. The molecule has 1 fully saturated rings. The van der Waals surface area contributed by atoms with Gasteiger partial charge in [-0.1, -0.05) is 31.5 Å². The van der Waals surface area contributed by atoms with E-state index in [0.717, 1.165) is 31.5 Å². The van der Waals surface area contributed by atoms with Crippen LogP contribution in [0.25, 0.3) is 0 Å². The maximum absolute atomic E-state index is 13.8. The minimum Gasteiger partial charge on any atom is -0.370 e. The van der Waals surface area contributed by atoms with Crippen molar-refractivity contribution >= 4 is 17.6 Å². The molecular formula is C18H28ClFN4. The van der Waals surface area contributed by atoms with Gasteiger partial charge in [0.25, 0.3) is 0 Å². The number of guanidine groups is 1. The van der Waals surface area contributed by atoms with Crippen LogP contribution in [0.1, 0.15) is 38.3 Å². The molecule has 0 aromatic heterocycles. The van der Waals surface area contributed by atoms with Gasteiger partial charge in [0.2, 0.25) is 0 Å². The molecule has 4 nitrogen and oxygen atoms in total. The summed E-state index contributed by atoms with van der Waals surface area (Å²) in [7, 11) is 2.06. The molecule has 1 aliphatic rings. The Morgan fingerprint density at radius 3 is 2.92 bits per heavy atom. The molecule has 0 saturated carbocycles. The predicted molar refractivity (Wildman–Crippen MR) is 98.8 cm³/mol. The minimum absolute atomic E-state index is 0.143. The monoisotopic (exact) mass is 354 g/mol. The van der Waals surface area contributed by atoms with Gasteiger partial charge in [0, 0.05) is 19.1 Å². The maximum Gasteiger partial charge on any atom is 0.188 e. The van der Waals surface area contributed by atoms with E-state index < -0.39 is 0 Å². The first kappa shape index (κ1) is 19.0. The molecule has 2 rings (SSSR count). The molecule has 1 aromatic rings. The lowest BCUT2D eigenvalue weighted by Crippen LogP contribution is -2.33. The molecule has 0 aliphatic carbocycles. The second-order valence-electron chi connectivity index (χ2n) is 6.98.